The zero-order valence-electron chi connectivity index (χ0n) is 15.4. The molecule has 2 bridgehead atoms. The van der Waals surface area contributed by atoms with Gasteiger partial charge in [0.05, 0.1) is 6.54 Å². The number of hydrogen-bond donors (Lipinski definition) is 1. The van der Waals surface area contributed by atoms with Gasteiger partial charge in [-0.25, -0.2) is 4.98 Å². The fourth-order valence-electron chi connectivity index (χ4n) is 3.81. The Labute approximate surface area is 148 Å². The molecule has 138 valence electrons. The normalized spacial score (nSPS) is 23.6. The van der Waals surface area contributed by atoms with Gasteiger partial charge in [-0.15, -0.1) is 0 Å². The Morgan fingerprint density at radius 3 is 2.72 bits per heavy atom. The number of H-pyrrole nitrogens is 1. The Hall–Kier alpha value is -1.96. The molecule has 1 aromatic heterocycles. The third-order valence-corrected chi connectivity index (χ3v) is 5.17. The lowest BCUT2D eigenvalue weighted by Gasteiger charge is -2.36. The highest BCUT2D eigenvalue weighted by Crippen LogP contribution is 2.28. The number of carbonyl (C=O) groups is 2. The molecule has 0 aromatic carbocycles. The first-order valence-electron chi connectivity index (χ1n) is 9.02. The van der Waals surface area contributed by atoms with Crippen molar-refractivity contribution in [3.05, 3.63) is 11.6 Å². The number of carbonyl (C=O) groups excluding carboxylic acids is 2. The average molecular weight is 348 g/mol. The van der Waals surface area contributed by atoms with Gasteiger partial charge in [-0.1, -0.05) is 0 Å². The van der Waals surface area contributed by atoms with Crippen molar-refractivity contribution in [2.45, 2.75) is 38.6 Å². The van der Waals surface area contributed by atoms with Crippen LogP contribution in [0.4, 0.5) is 0 Å². The van der Waals surface area contributed by atoms with Gasteiger partial charge in [0.25, 0.3) is 0 Å². The van der Waals surface area contributed by atoms with Crippen LogP contribution in [0.1, 0.15) is 30.9 Å². The topological polar surface area (TPSA) is 85.4 Å². The molecule has 8 heteroatoms. The predicted octanol–water partition coefficient (Wildman–Crippen LogP) is 0.0567. The van der Waals surface area contributed by atoms with Gasteiger partial charge < -0.3 is 9.80 Å². The third kappa shape index (κ3) is 4.36. The lowest BCUT2D eigenvalue weighted by molar-refractivity contribution is -0.135. The molecule has 4 heterocycles. The molecule has 0 spiro atoms. The average Bonchev–Trinajstić information content (AvgIpc) is 2.79. The largest absolute Gasteiger partial charge is 0.348 e. The Bertz CT molecular complexity index is 628. The minimum Gasteiger partial charge on any atom is -0.348 e. The summed E-state index contributed by atoms with van der Waals surface area (Å²) in [5, 5.41) is 6.92. The summed E-state index contributed by atoms with van der Waals surface area (Å²) in [4.78, 5) is 34.9. The molecule has 0 unspecified atom stereocenters. The number of aryl methyl sites for hydroxylation is 2. The van der Waals surface area contributed by atoms with Crippen molar-refractivity contribution < 1.29 is 9.59 Å². The Balaban J connectivity index is 1.58. The summed E-state index contributed by atoms with van der Waals surface area (Å²) < 4.78 is 0. The number of piperidine rings is 1. The Kier molecular flexibility index (Phi) is 5.36. The highest BCUT2D eigenvalue weighted by Gasteiger charge is 2.37. The number of nitrogens with one attached hydrogen (secondary N) is 1. The molecule has 0 saturated carbocycles. The molecule has 3 fully saturated rings. The van der Waals surface area contributed by atoms with Gasteiger partial charge in [-0.3, -0.25) is 19.6 Å². The number of fused-ring (bicyclic) bond motifs is 4. The number of nitrogens with zero attached hydrogens (tertiary/aromatic N) is 5. The van der Waals surface area contributed by atoms with Gasteiger partial charge in [0.2, 0.25) is 11.8 Å². The molecular formula is C17H28N6O2. The second-order valence-electron chi connectivity index (χ2n) is 7.46. The number of likely N-dealkylation sites (N-methyl/N-ethyl adjacent to an activating group) is 1. The van der Waals surface area contributed by atoms with Crippen molar-refractivity contribution in [1.82, 2.24) is 29.9 Å². The van der Waals surface area contributed by atoms with Crippen molar-refractivity contribution in [1.29, 1.82) is 0 Å². The summed E-state index contributed by atoms with van der Waals surface area (Å²) in [6.45, 7) is 4.80. The maximum absolute atomic E-state index is 12.7. The molecule has 25 heavy (non-hydrogen) atoms. The van der Waals surface area contributed by atoms with E-state index in [-0.39, 0.29) is 17.9 Å². The van der Waals surface area contributed by atoms with Crippen LogP contribution in [0.3, 0.4) is 0 Å². The van der Waals surface area contributed by atoms with Crippen LogP contribution in [0.15, 0.2) is 0 Å². The van der Waals surface area contributed by atoms with Crippen LogP contribution in [0.25, 0.3) is 0 Å². The van der Waals surface area contributed by atoms with Crippen molar-refractivity contribution in [2.75, 3.05) is 40.3 Å². The van der Waals surface area contributed by atoms with Crippen LogP contribution in [0.5, 0.6) is 0 Å². The molecule has 0 radical (unpaired) electrons. The Morgan fingerprint density at radius 2 is 2.04 bits per heavy atom. The van der Waals surface area contributed by atoms with Crippen LogP contribution in [-0.4, -0.2) is 88.0 Å². The molecule has 3 aliphatic heterocycles. The first kappa shape index (κ1) is 17.8. The van der Waals surface area contributed by atoms with Gasteiger partial charge in [-0.05, 0) is 25.7 Å². The minimum absolute atomic E-state index is 0.124. The molecular weight excluding hydrogens is 320 g/mol. The smallest absolute Gasteiger partial charge is 0.236 e. The van der Waals surface area contributed by atoms with Crippen LogP contribution in [-0.2, 0) is 16.0 Å². The van der Waals surface area contributed by atoms with Gasteiger partial charge >= 0.3 is 0 Å². The fraction of sp³-hybridized carbons (Fsp3) is 0.765. The summed E-state index contributed by atoms with van der Waals surface area (Å²) in [6.07, 6.45) is 3.18. The third-order valence-electron chi connectivity index (χ3n) is 5.17. The molecule has 3 saturated heterocycles. The highest BCUT2D eigenvalue weighted by atomic mass is 16.2. The van der Waals surface area contributed by atoms with E-state index in [1.165, 1.54) is 0 Å². The number of hydrogen-bond acceptors (Lipinski definition) is 5. The molecule has 2 amide bonds. The van der Waals surface area contributed by atoms with Crippen molar-refractivity contribution >= 4 is 11.8 Å². The SMILES string of the molecule is Cc1nc(CCC(=O)N2C[C@@H]3CC[C@H]2CN(CC(=O)N(C)C)C3)n[nH]1. The van der Waals surface area contributed by atoms with E-state index in [0.717, 1.165) is 38.3 Å². The first-order chi connectivity index (χ1) is 11.9. The van der Waals surface area contributed by atoms with E-state index in [2.05, 4.69) is 20.1 Å². The van der Waals surface area contributed by atoms with E-state index in [1.807, 2.05) is 11.8 Å². The lowest BCUT2D eigenvalue weighted by Crippen LogP contribution is -2.48. The van der Waals surface area contributed by atoms with Crippen LogP contribution in [0.2, 0.25) is 0 Å². The molecule has 1 N–H and O–H groups in total. The molecule has 4 rings (SSSR count). The number of amides is 2. The van der Waals surface area contributed by atoms with Crippen LogP contribution >= 0.6 is 0 Å². The van der Waals surface area contributed by atoms with E-state index in [9.17, 15) is 9.59 Å². The molecule has 8 nitrogen and oxygen atoms in total. The summed E-state index contributed by atoms with van der Waals surface area (Å²) in [6, 6.07) is 0.218. The molecule has 2 atom stereocenters. The summed E-state index contributed by atoms with van der Waals surface area (Å²) >= 11 is 0. The lowest BCUT2D eigenvalue weighted by atomic mass is 9.94. The van der Waals surface area contributed by atoms with Crippen molar-refractivity contribution in [2.24, 2.45) is 5.92 Å². The van der Waals surface area contributed by atoms with Crippen molar-refractivity contribution in [3.8, 4) is 0 Å². The van der Waals surface area contributed by atoms with Gasteiger partial charge in [0.1, 0.15) is 5.82 Å². The first-order valence-corrected chi connectivity index (χ1v) is 9.02. The van der Waals surface area contributed by atoms with E-state index < -0.39 is 0 Å². The van der Waals surface area contributed by atoms with E-state index in [4.69, 9.17) is 0 Å². The van der Waals surface area contributed by atoms with Gasteiger partial charge in [-0.2, -0.15) is 5.10 Å². The number of aromatic nitrogens is 3. The summed E-state index contributed by atoms with van der Waals surface area (Å²) in [5.41, 5.74) is 0. The highest BCUT2D eigenvalue weighted by molar-refractivity contribution is 5.78. The monoisotopic (exact) mass is 348 g/mol. The van der Waals surface area contributed by atoms with E-state index >= 15 is 0 Å². The maximum Gasteiger partial charge on any atom is 0.236 e. The van der Waals surface area contributed by atoms with Crippen molar-refractivity contribution in [3.63, 3.8) is 0 Å². The van der Waals surface area contributed by atoms with Gasteiger partial charge in [0, 0.05) is 52.6 Å². The minimum atomic E-state index is 0.124. The predicted molar refractivity (Wildman–Crippen MR) is 92.8 cm³/mol. The summed E-state index contributed by atoms with van der Waals surface area (Å²) in [7, 11) is 3.57. The quantitative estimate of drug-likeness (QED) is 0.813. The number of rotatable bonds is 5. The Morgan fingerprint density at radius 1 is 1.24 bits per heavy atom. The van der Waals surface area contributed by atoms with E-state index in [1.54, 1.807) is 19.0 Å². The zero-order valence-corrected chi connectivity index (χ0v) is 15.4. The second kappa shape index (κ2) is 7.51. The van der Waals surface area contributed by atoms with Crippen LogP contribution in [0, 0.1) is 12.8 Å². The summed E-state index contributed by atoms with van der Waals surface area (Å²) in [5.74, 6) is 2.24. The van der Waals surface area contributed by atoms with E-state index in [0.29, 0.717) is 31.1 Å². The fourth-order valence-corrected chi connectivity index (χ4v) is 3.81. The maximum atomic E-state index is 12.7. The standard InChI is InChI=1S/C17H28N6O2/c1-12-18-15(20-19-12)6-7-16(24)23-9-13-4-5-14(23)10-22(8-13)11-17(25)21(2)3/h13-14H,4-11H2,1-3H3,(H,18,19,20)/t13-,14+/m1/s1. The number of aromatic amines is 1. The zero-order chi connectivity index (χ0) is 18.0. The molecule has 1 aromatic rings. The molecule has 3 aliphatic rings. The second-order valence-corrected chi connectivity index (χ2v) is 7.46. The van der Waals surface area contributed by atoms with Crippen LogP contribution < -0.4 is 0 Å². The molecule has 0 aliphatic carbocycles. The van der Waals surface area contributed by atoms with Gasteiger partial charge in [0.15, 0.2) is 5.82 Å².